The second-order valence-corrected chi connectivity index (χ2v) is 6.50. The van der Waals surface area contributed by atoms with E-state index in [4.69, 9.17) is 0 Å². The van der Waals surface area contributed by atoms with Crippen LogP contribution in [0.1, 0.15) is 40.0 Å². The van der Waals surface area contributed by atoms with E-state index in [0.29, 0.717) is 6.54 Å². The van der Waals surface area contributed by atoms with Crippen LogP contribution in [0.5, 0.6) is 0 Å². The summed E-state index contributed by atoms with van der Waals surface area (Å²) < 4.78 is 1.53. The van der Waals surface area contributed by atoms with E-state index in [0.717, 1.165) is 25.3 Å². The SMILES string of the molecule is CC(C)(C)NCCn1ncc(N2CCCCC2)cc1=O. The van der Waals surface area contributed by atoms with Crippen molar-refractivity contribution in [3.63, 3.8) is 0 Å². The van der Waals surface area contributed by atoms with Gasteiger partial charge in [0.25, 0.3) is 5.56 Å². The Kier molecular flexibility index (Phi) is 4.81. The molecule has 0 atom stereocenters. The summed E-state index contributed by atoms with van der Waals surface area (Å²) in [6.07, 6.45) is 5.53. The van der Waals surface area contributed by atoms with Crippen molar-refractivity contribution in [2.75, 3.05) is 24.5 Å². The third-order valence-corrected chi connectivity index (χ3v) is 3.56. The lowest BCUT2D eigenvalue weighted by atomic mass is 10.1. The van der Waals surface area contributed by atoms with E-state index in [1.54, 1.807) is 6.07 Å². The maximum Gasteiger partial charge on any atom is 0.268 e. The molecule has 5 nitrogen and oxygen atoms in total. The molecule has 0 unspecified atom stereocenters. The predicted molar refractivity (Wildman–Crippen MR) is 82.3 cm³/mol. The number of aromatic nitrogens is 2. The van der Waals surface area contributed by atoms with Gasteiger partial charge in [-0.2, -0.15) is 5.10 Å². The first-order valence-corrected chi connectivity index (χ1v) is 7.53. The molecule has 0 saturated carbocycles. The van der Waals surface area contributed by atoms with Crippen LogP contribution in [0, 0.1) is 0 Å². The smallest absolute Gasteiger partial charge is 0.268 e. The summed E-state index contributed by atoms with van der Waals surface area (Å²) in [4.78, 5) is 14.3. The van der Waals surface area contributed by atoms with Gasteiger partial charge in [0.15, 0.2) is 0 Å². The van der Waals surface area contributed by atoms with Gasteiger partial charge in [0.1, 0.15) is 0 Å². The van der Waals surface area contributed by atoms with E-state index in [-0.39, 0.29) is 11.1 Å². The molecule has 1 N–H and O–H groups in total. The Morgan fingerprint density at radius 3 is 2.55 bits per heavy atom. The molecule has 0 bridgehead atoms. The van der Waals surface area contributed by atoms with Gasteiger partial charge in [0.05, 0.1) is 18.4 Å². The van der Waals surface area contributed by atoms with Crippen LogP contribution in [0.2, 0.25) is 0 Å². The molecule has 1 saturated heterocycles. The Balaban J connectivity index is 1.97. The van der Waals surface area contributed by atoms with Crippen molar-refractivity contribution in [1.82, 2.24) is 15.1 Å². The number of nitrogens with one attached hydrogen (secondary N) is 1. The number of anilines is 1. The molecular formula is C15H26N4O. The Bertz CT molecular complexity index is 483. The fraction of sp³-hybridized carbons (Fsp3) is 0.733. The molecule has 0 aliphatic carbocycles. The molecule has 20 heavy (non-hydrogen) atoms. The normalized spacial score (nSPS) is 16.4. The van der Waals surface area contributed by atoms with Gasteiger partial charge in [0, 0.05) is 31.2 Å². The lowest BCUT2D eigenvalue weighted by Crippen LogP contribution is -2.39. The lowest BCUT2D eigenvalue weighted by molar-refractivity contribution is 0.400. The molecule has 1 aromatic heterocycles. The maximum atomic E-state index is 12.1. The first-order chi connectivity index (χ1) is 9.46. The highest BCUT2D eigenvalue weighted by Crippen LogP contribution is 2.16. The highest BCUT2D eigenvalue weighted by Gasteiger charge is 2.13. The second kappa shape index (κ2) is 6.39. The van der Waals surface area contributed by atoms with E-state index < -0.39 is 0 Å². The molecule has 0 aromatic carbocycles. The zero-order chi connectivity index (χ0) is 14.6. The minimum atomic E-state index is -0.0104. The van der Waals surface area contributed by atoms with Crippen LogP contribution in [0.4, 0.5) is 5.69 Å². The highest BCUT2D eigenvalue weighted by molar-refractivity contribution is 5.43. The van der Waals surface area contributed by atoms with Gasteiger partial charge in [-0.1, -0.05) is 0 Å². The van der Waals surface area contributed by atoms with Crippen LogP contribution in [0.25, 0.3) is 0 Å². The molecule has 112 valence electrons. The van der Waals surface area contributed by atoms with E-state index in [1.165, 1.54) is 23.9 Å². The quantitative estimate of drug-likeness (QED) is 0.909. The third kappa shape index (κ3) is 4.34. The summed E-state index contributed by atoms with van der Waals surface area (Å²) >= 11 is 0. The summed E-state index contributed by atoms with van der Waals surface area (Å²) in [5.41, 5.74) is 1.02. The zero-order valence-electron chi connectivity index (χ0n) is 12.9. The monoisotopic (exact) mass is 278 g/mol. The average Bonchev–Trinajstić information content (AvgIpc) is 2.40. The minimum absolute atomic E-state index is 0.0104. The minimum Gasteiger partial charge on any atom is -0.370 e. The van der Waals surface area contributed by atoms with E-state index in [2.05, 4.69) is 36.1 Å². The van der Waals surface area contributed by atoms with Crippen LogP contribution in [0.3, 0.4) is 0 Å². The average molecular weight is 278 g/mol. The fourth-order valence-corrected chi connectivity index (χ4v) is 2.45. The first-order valence-electron chi connectivity index (χ1n) is 7.53. The molecule has 0 radical (unpaired) electrons. The van der Waals surface area contributed by atoms with Crippen LogP contribution < -0.4 is 15.8 Å². The van der Waals surface area contributed by atoms with Gasteiger partial charge in [-0.15, -0.1) is 0 Å². The van der Waals surface area contributed by atoms with Gasteiger partial charge in [-0.3, -0.25) is 4.79 Å². The van der Waals surface area contributed by atoms with E-state index in [1.807, 2.05) is 6.20 Å². The Morgan fingerprint density at radius 2 is 1.95 bits per heavy atom. The second-order valence-electron chi connectivity index (χ2n) is 6.50. The van der Waals surface area contributed by atoms with Crippen molar-refractivity contribution >= 4 is 5.69 Å². The third-order valence-electron chi connectivity index (χ3n) is 3.56. The molecule has 1 aliphatic heterocycles. The Hall–Kier alpha value is -1.36. The summed E-state index contributed by atoms with van der Waals surface area (Å²) in [5, 5.41) is 7.66. The number of nitrogens with zero attached hydrogens (tertiary/aromatic N) is 3. The number of rotatable bonds is 4. The van der Waals surface area contributed by atoms with Gasteiger partial charge in [-0.25, -0.2) is 4.68 Å². The molecule has 1 aromatic rings. The van der Waals surface area contributed by atoms with Crippen LogP contribution in [0.15, 0.2) is 17.1 Å². The summed E-state index contributed by atoms with van der Waals surface area (Å²) in [6, 6.07) is 1.72. The fourth-order valence-electron chi connectivity index (χ4n) is 2.45. The van der Waals surface area contributed by atoms with Crippen LogP contribution in [-0.4, -0.2) is 35.0 Å². The summed E-state index contributed by atoms with van der Waals surface area (Å²) in [6.45, 7) is 9.78. The van der Waals surface area contributed by atoms with E-state index >= 15 is 0 Å². The molecule has 2 rings (SSSR count). The lowest BCUT2D eigenvalue weighted by Gasteiger charge is -2.28. The van der Waals surface area contributed by atoms with Gasteiger partial charge >= 0.3 is 0 Å². The number of hydrogen-bond donors (Lipinski definition) is 1. The molecule has 1 aliphatic rings. The largest absolute Gasteiger partial charge is 0.370 e. The molecule has 5 heteroatoms. The first kappa shape index (κ1) is 15.0. The van der Waals surface area contributed by atoms with Crippen LogP contribution >= 0.6 is 0 Å². The van der Waals surface area contributed by atoms with Crippen molar-refractivity contribution < 1.29 is 0 Å². The summed E-state index contributed by atoms with van der Waals surface area (Å²) in [7, 11) is 0. The molecule has 0 spiro atoms. The van der Waals surface area contributed by atoms with Crippen LogP contribution in [-0.2, 0) is 6.54 Å². The molecular weight excluding hydrogens is 252 g/mol. The maximum absolute atomic E-state index is 12.1. The van der Waals surface area contributed by atoms with Crippen molar-refractivity contribution in [3.05, 3.63) is 22.6 Å². The van der Waals surface area contributed by atoms with E-state index in [9.17, 15) is 4.79 Å². The predicted octanol–water partition coefficient (Wildman–Crippen LogP) is 1.62. The Labute approximate surface area is 121 Å². The summed E-state index contributed by atoms with van der Waals surface area (Å²) in [5.74, 6) is 0. The molecule has 1 fully saturated rings. The molecule has 0 amide bonds. The Morgan fingerprint density at radius 1 is 1.25 bits per heavy atom. The topological polar surface area (TPSA) is 50.2 Å². The number of hydrogen-bond acceptors (Lipinski definition) is 4. The van der Waals surface area contributed by atoms with Crippen molar-refractivity contribution in [2.24, 2.45) is 0 Å². The standard InChI is InChI=1S/C15H26N4O/c1-15(2,3)16-7-10-19-14(20)11-13(12-17-19)18-8-5-4-6-9-18/h11-12,16H,4-10H2,1-3H3. The van der Waals surface area contributed by atoms with Crippen molar-refractivity contribution in [1.29, 1.82) is 0 Å². The number of piperidine rings is 1. The molecule has 2 heterocycles. The van der Waals surface area contributed by atoms with Crippen molar-refractivity contribution in [3.8, 4) is 0 Å². The zero-order valence-corrected chi connectivity index (χ0v) is 12.9. The van der Waals surface area contributed by atoms with Gasteiger partial charge < -0.3 is 10.2 Å². The van der Waals surface area contributed by atoms with Crippen molar-refractivity contribution in [2.45, 2.75) is 52.1 Å². The highest BCUT2D eigenvalue weighted by atomic mass is 16.1. The van der Waals surface area contributed by atoms with Gasteiger partial charge in [0.2, 0.25) is 0 Å². The van der Waals surface area contributed by atoms with Gasteiger partial charge in [-0.05, 0) is 40.0 Å².